The summed E-state index contributed by atoms with van der Waals surface area (Å²) < 4.78 is 0. The van der Waals surface area contributed by atoms with Crippen molar-refractivity contribution in [3.63, 3.8) is 0 Å². The van der Waals surface area contributed by atoms with Crippen LogP contribution in [0, 0.1) is 0 Å². The molecule has 0 aromatic carbocycles. The monoisotopic (exact) mass is 307 g/mol. The Morgan fingerprint density at radius 2 is 2.33 bits per heavy atom. The molecule has 0 unspecified atom stereocenters. The number of carbonyl (C=O) groups is 2. The first-order chi connectivity index (χ1) is 10.0. The Hall–Kier alpha value is -1.69. The van der Waals surface area contributed by atoms with Crippen molar-refractivity contribution in [2.45, 2.75) is 33.1 Å². The van der Waals surface area contributed by atoms with E-state index < -0.39 is 0 Å². The second-order valence-corrected chi connectivity index (χ2v) is 6.15. The summed E-state index contributed by atoms with van der Waals surface area (Å²) >= 11 is 1.43. The highest BCUT2D eigenvalue weighted by molar-refractivity contribution is 7.14. The lowest BCUT2D eigenvalue weighted by Crippen LogP contribution is -2.33. The number of hydrogen-bond donors (Lipinski definition) is 0. The largest absolute Gasteiger partial charge is 0.339 e. The van der Waals surface area contributed by atoms with E-state index in [1.54, 1.807) is 9.80 Å². The molecule has 1 aliphatic heterocycles. The van der Waals surface area contributed by atoms with E-state index in [1.807, 2.05) is 19.2 Å². The van der Waals surface area contributed by atoms with Crippen LogP contribution in [0.15, 0.2) is 17.5 Å². The molecule has 2 amide bonds. The average Bonchev–Trinajstić information content (AvgIpc) is 3.04. The summed E-state index contributed by atoms with van der Waals surface area (Å²) in [6, 6.07) is 0. The number of anilines is 1. The predicted octanol–water partition coefficient (Wildman–Crippen LogP) is 2.24. The van der Waals surface area contributed by atoms with Crippen LogP contribution in [0.3, 0.4) is 0 Å². The summed E-state index contributed by atoms with van der Waals surface area (Å²) in [5.74, 6) is 0.171. The molecule has 0 atom stereocenters. The van der Waals surface area contributed by atoms with Gasteiger partial charge in [-0.25, -0.2) is 4.98 Å². The van der Waals surface area contributed by atoms with E-state index in [2.05, 4.69) is 11.6 Å². The van der Waals surface area contributed by atoms with Gasteiger partial charge in [-0.05, 0) is 20.3 Å². The fourth-order valence-corrected chi connectivity index (χ4v) is 3.19. The maximum Gasteiger partial charge on any atom is 0.228 e. The molecule has 0 radical (unpaired) electrons. The summed E-state index contributed by atoms with van der Waals surface area (Å²) in [7, 11) is 0. The van der Waals surface area contributed by atoms with Crippen LogP contribution >= 0.6 is 11.3 Å². The molecular formula is C15H21N3O2S. The normalized spacial score (nSPS) is 14.6. The van der Waals surface area contributed by atoms with Gasteiger partial charge in [0, 0.05) is 31.4 Å². The smallest absolute Gasteiger partial charge is 0.228 e. The predicted molar refractivity (Wildman–Crippen MR) is 84.5 cm³/mol. The van der Waals surface area contributed by atoms with Gasteiger partial charge in [0.2, 0.25) is 11.8 Å². The molecule has 2 heterocycles. The Labute approximate surface area is 129 Å². The fourth-order valence-electron chi connectivity index (χ4n) is 2.32. The van der Waals surface area contributed by atoms with Crippen molar-refractivity contribution in [1.82, 2.24) is 9.88 Å². The van der Waals surface area contributed by atoms with Crippen molar-refractivity contribution in [3.8, 4) is 0 Å². The van der Waals surface area contributed by atoms with Crippen molar-refractivity contribution < 1.29 is 9.59 Å². The summed E-state index contributed by atoms with van der Waals surface area (Å²) in [6.45, 7) is 9.69. The van der Waals surface area contributed by atoms with Crippen LogP contribution in [0.1, 0.15) is 32.4 Å². The first kappa shape index (κ1) is 15.7. The minimum absolute atomic E-state index is 0.0464. The average molecular weight is 307 g/mol. The number of aromatic nitrogens is 1. The van der Waals surface area contributed by atoms with Gasteiger partial charge in [-0.1, -0.05) is 12.2 Å². The van der Waals surface area contributed by atoms with E-state index in [9.17, 15) is 9.59 Å². The number of amides is 2. The number of nitrogens with zero attached hydrogens (tertiary/aromatic N) is 3. The lowest BCUT2D eigenvalue weighted by molar-refractivity contribution is -0.129. The van der Waals surface area contributed by atoms with Crippen LogP contribution in [-0.2, 0) is 16.0 Å². The molecule has 1 aromatic rings. The minimum Gasteiger partial charge on any atom is -0.339 e. The van der Waals surface area contributed by atoms with Gasteiger partial charge < -0.3 is 4.90 Å². The number of hydrogen-bond acceptors (Lipinski definition) is 4. The molecule has 0 aliphatic carbocycles. The van der Waals surface area contributed by atoms with Crippen LogP contribution in [0.4, 0.5) is 5.13 Å². The topological polar surface area (TPSA) is 53.5 Å². The van der Waals surface area contributed by atoms with Gasteiger partial charge in [0.05, 0.1) is 12.1 Å². The van der Waals surface area contributed by atoms with Crippen molar-refractivity contribution in [2.24, 2.45) is 0 Å². The van der Waals surface area contributed by atoms with E-state index in [1.165, 1.54) is 11.3 Å². The Morgan fingerprint density at radius 1 is 1.57 bits per heavy atom. The van der Waals surface area contributed by atoms with Crippen LogP contribution in [0.5, 0.6) is 0 Å². The molecule has 0 N–H and O–H groups in total. The number of thiazole rings is 1. The highest BCUT2D eigenvalue weighted by atomic mass is 32.1. The number of rotatable bonds is 6. The van der Waals surface area contributed by atoms with E-state index in [0.717, 1.165) is 24.2 Å². The number of likely N-dealkylation sites (N-methyl/N-ethyl adjacent to an activating group) is 1. The highest BCUT2D eigenvalue weighted by Gasteiger charge is 2.24. The van der Waals surface area contributed by atoms with E-state index in [0.29, 0.717) is 24.6 Å². The Morgan fingerprint density at radius 3 is 2.90 bits per heavy atom. The lowest BCUT2D eigenvalue weighted by atomic mass is 10.2. The molecule has 1 aromatic heterocycles. The number of carbonyl (C=O) groups excluding carboxylic acids is 2. The molecular weight excluding hydrogens is 286 g/mol. The summed E-state index contributed by atoms with van der Waals surface area (Å²) in [6.07, 6.45) is 1.75. The van der Waals surface area contributed by atoms with Crippen molar-refractivity contribution in [1.29, 1.82) is 0 Å². The quantitative estimate of drug-likeness (QED) is 0.757. The zero-order chi connectivity index (χ0) is 15.4. The van der Waals surface area contributed by atoms with Crippen LogP contribution in [0.25, 0.3) is 0 Å². The molecule has 1 fully saturated rings. The van der Waals surface area contributed by atoms with Gasteiger partial charge in [0.1, 0.15) is 0 Å². The lowest BCUT2D eigenvalue weighted by Gasteiger charge is -2.20. The third kappa shape index (κ3) is 3.91. The second-order valence-electron chi connectivity index (χ2n) is 5.31. The molecule has 5 nitrogen and oxygen atoms in total. The second kappa shape index (κ2) is 6.85. The molecule has 0 spiro atoms. The van der Waals surface area contributed by atoms with Gasteiger partial charge in [-0.3, -0.25) is 14.5 Å². The molecule has 0 saturated carbocycles. The van der Waals surface area contributed by atoms with E-state index in [-0.39, 0.29) is 18.2 Å². The third-order valence-corrected chi connectivity index (χ3v) is 4.28. The van der Waals surface area contributed by atoms with Gasteiger partial charge >= 0.3 is 0 Å². The van der Waals surface area contributed by atoms with Gasteiger partial charge in [-0.15, -0.1) is 11.3 Å². The molecule has 1 saturated heterocycles. The van der Waals surface area contributed by atoms with Crippen LogP contribution in [0.2, 0.25) is 0 Å². The first-order valence-electron chi connectivity index (χ1n) is 7.18. The third-order valence-electron chi connectivity index (χ3n) is 3.37. The molecule has 21 heavy (non-hydrogen) atoms. The first-order valence-corrected chi connectivity index (χ1v) is 8.06. The maximum atomic E-state index is 12.2. The molecule has 0 bridgehead atoms. The van der Waals surface area contributed by atoms with Gasteiger partial charge in [0.25, 0.3) is 0 Å². The molecule has 114 valence electrons. The van der Waals surface area contributed by atoms with Crippen molar-refractivity contribution in [2.75, 3.05) is 24.5 Å². The minimum atomic E-state index is 0.0464. The van der Waals surface area contributed by atoms with Gasteiger partial charge in [0.15, 0.2) is 5.13 Å². The zero-order valence-electron chi connectivity index (χ0n) is 12.6. The zero-order valence-corrected chi connectivity index (χ0v) is 13.4. The standard InChI is InChI=1S/C15H21N3O2S/c1-4-17(9-11(2)3)14(20)8-12-10-21-15(16-12)18-7-5-6-13(18)19/h10H,2,4-9H2,1,3H3. The van der Waals surface area contributed by atoms with Gasteiger partial charge in [-0.2, -0.15) is 0 Å². The Kier molecular flexibility index (Phi) is 5.12. The Balaban J connectivity index is 2.00. The molecule has 1 aliphatic rings. The van der Waals surface area contributed by atoms with Crippen molar-refractivity contribution >= 4 is 28.3 Å². The van der Waals surface area contributed by atoms with E-state index >= 15 is 0 Å². The molecule has 2 rings (SSSR count). The summed E-state index contributed by atoms with van der Waals surface area (Å²) in [4.78, 5) is 31.8. The van der Waals surface area contributed by atoms with Crippen LogP contribution < -0.4 is 4.90 Å². The highest BCUT2D eigenvalue weighted by Crippen LogP contribution is 2.25. The summed E-state index contributed by atoms with van der Waals surface area (Å²) in [5.41, 5.74) is 1.70. The maximum absolute atomic E-state index is 12.2. The SMILES string of the molecule is C=C(C)CN(CC)C(=O)Cc1csc(N2CCCC2=O)n1. The summed E-state index contributed by atoms with van der Waals surface area (Å²) in [5, 5.41) is 2.58. The van der Waals surface area contributed by atoms with Crippen LogP contribution in [-0.4, -0.2) is 41.3 Å². The van der Waals surface area contributed by atoms with Crippen molar-refractivity contribution in [3.05, 3.63) is 23.2 Å². The molecule has 6 heteroatoms. The van der Waals surface area contributed by atoms with E-state index in [4.69, 9.17) is 0 Å². The Bertz CT molecular complexity index is 553. The fraction of sp³-hybridized carbons (Fsp3) is 0.533.